The molecule has 1 atom stereocenters. The van der Waals surface area contributed by atoms with Crippen LogP contribution in [0.3, 0.4) is 0 Å². The maximum Gasteiger partial charge on any atom is 0.277 e. The first-order valence-electron chi connectivity index (χ1n) is 8.17. The Labute approximate surface area is 150 Å². The summed E-state index contributed by atoms with van der Waals surface area (Å²) in [6.07, 6.45) is 0. The van der Waals surface area contributed by atoms with Gasteiger partial charge in [0.15, 0.2) is 6.61 Å². The zero-order chi connectivity index (χ0) is 17.6. The van der Waals surface area contributed by atoms with Crippen LogP contribution in [-0.2, 0) is 16.1 Å². The Morgan fingerprint density at radius 2 is 2.16 bits per heavy atom. The van der Waals surface area contributed by atoms with Gasteiger partial charge in [-0.2, -0.15) is 0 Å². The fourth-order valence-corrected chi connectivity index (χ4v) is 3.22. The summed E-state index contributed by atoms with van der Waals surface area (Å²) < 4.78 is 16.5. The Morgan fingerprint density at radius 1 is 1.36 bits per heavy atom. The number of hydrogen-bond acceptors (Lipinski definition) is 7. The van der Waals surface area contributed by atoms with Gasteiger partial charge in [-0.3, -0.25) is 4.79 Å². The highest BCUT2D eigenvalue weighted by Gasteiger charge is 2.25. The summed E-state index contributed by atoms with van der Waals surface area (Å²) in [5, 5.41) is 8.04. The molecule has 0 bridgehead atoms. The first-order valence-corrected chi connectivity index (χ1v) is 9.05. The largest absolute Gasteiger partial charge is 0.484 e. The molecule has 3 rings (SSSR count). The predicted molar refractivity (Wildman–Crippen MR) is 92.5 cm³/mol. The Balaban J connectivity index is 1.51. The summed E-state index contributed by atoms with van der Waals surface area (Å²) in [6.45, 7) is 6.47. The zero-order valence-corrected chi connectivity index (χ0v) is 15.1. The van der Waals surface area contributed by atoms with Gasteiger partial charge in [-0.15, -0.1) is 10.2 Å². The minimum absolute atomic E-state index is 0.0593. The molecule has 25 heavy (non-hydrogen) atoms. The van der Waals surface area contributed by atoms with Gasteiger partial charge in [0.25, 0.3) is 11.1 Å². The van der Waals surface area contributed by atoms with Gasteiger partial charge in [0.1, 0.15) is 5.75 Å². The van der Waals surface area contributed by atoms with E-state index in [4.69, 9.17) is 13.9 Å². The second-order valence-electron chi connectivity index (χ2n) is 5.76. The molecule has 1 fully saturated rings. The van der Waals surface area contributed by atoms with Crippen molar-refractivity contribution >= 4 is 17.7 Å². The van der Waals surface area contributed by atoms with Crippen molar-refractivity contribution in [2.45, 2.75) is 30.9 Å². The highest BCUT2D eigenvalue weighted by Crippen LogP contribution is 2.24. The number of morpholine rings is 1. The molecule has 1 saturated heterocycles. The molecule has 8 heteroatoms. The van der Waals surface area contributed by atoms with Crippen molar-refractivity contribution < 1.29 is 18.7 Å². The second kappa shape index (κ2) is 8.35. The minimum Gasteiger partial charge on any atom is -0.484 e. The molecule has 7 nitrogen and oxygen atoms in total. The topological polar surface area (TPSA) is 77.7 Å². The van der Waals surface area contributed by atoms with Crippen molar-refractivity contribution in [2.24, 2.45) is 0 Å². The van der Waals surface area contributed by atoms with Crippen LogP contribution in [-0.4, -0.2) is 52.6 Å². The van der Waals surface area contributed by atoms with Crippen LogP contribution in [0.5, 0.6) is 5.75 Å². The number of hydrogen-bond donors (Lipinski definition) is 0. The number of aromatic nitrogens is 2. The smallest absolute Gasteiger partial charge is 0.277 e. The number of benzene rings is 1. The molecule has 0 saturated carbocycles. The molecule has 2 aromatic rings. The van der Waals surface area contributed by atoms with E-state index < -0.39 is 0 Å². The standard InChI is InChI=1S/C17H21N3O4S/c1-12-4-3-5-14(10-12)23-11-15-18-19-17(24-15)25-13(2)16(21)20-6-8-22-9-7-20/h3-5,10,13H,6-9,11H2,1-2H3. The number of carbonyl (C=O) groups excluding carboxylic acids is 1. The van der Waals surface area contributed by atoms with Gasteiger partial charge < -0.3 is 18.8 Å². The van der Waals surface area contributed by atoms with E-state index in [0.717, 1.165) is 11.3 Å². The SMILES string of the molecule is Cc1cccc(OCc2nnc(SC(C)C(=O)N3CCOCC3)o2)c1. The molecule has 1 unspecified atom stereocenters. The molecule has 1 aliphatic heterocycles. The number of carbonyl (C=O) groups is 1. The Bertz CT molecular complexity index is 715. The molecule has 1 aromatic carbocycles. The average Bonchev–Trinajstić information content (AvgIpc) is 3.07. The lowest BCUT2D eigenvalue weighted by atomic mass is 10.2. The summed E-state index contributed by atoms with van der Waals surface area (Å²) in [5.74, 6) is 1.20. The zero-order valence-electron chi connectivity index (χ0n) is 14.3. The van der Waals surface area contributed by atoms with E-state index in [9.17, 15) is 4.79 Å². The summed E-state index contributed by atoms with van der Waals surface area (Å²) in [4.78, 5) is 14.2. The Morgan fingerprint density at radius 3 is 2.92 bits per heavy atom. The van der Waals surface area contributed by atoms with E-state index in [1.165, 1.54) is 11.8 Å². The van der Waals surface area contributed by atoms with Crippen LogP contribution in [0.4, 0.5) is 0 Å². The number of ether oxygens (including phenoxy) is 2. The molecule has 1 aliphatic rings. The molecule has 0 aliphatic carbocycles. The molecule has 1 amide bonds. The van der Waals surface area contributed by atoms with Gasteiger partial charge in [-0.25, -0.2) is 0 Å². The first-order chi connectivity index (χ1) is 12.1. The van der Waals surface area contributed by atoms with Crippen LogP contribution < -0.4 is 4.74 Å². The number of amides is 1. The molecular weight excluding hydrogens is 342 g/mol. The number of nitrogens with zero attached hydrogens (tertiary/aromatic N) is 3. The fourth-order valence-electron chi connectivity index (χ4n) is 2.44. The van der Waals surface area contributed by atoms with Gasteiger partial charge in [0.05, 0.1) is 18.5 Å². The third-order valence-electron chi connectivity index (χ3n) is 3.75. The summed E-state index contributed by atoms with van der Waals surface area (Å²) >= 11 is 1.26. The minimum atomic E-state index is -0.288. The fraction of sp³-hybridized carbons (Fsp3) is 0.471. The van der Waals surface area contributed by atoms with Gasteiger partial charge in [0.2, 0.25) is 5.91 Å². The monoisotopic (exact) mass is 363 g/mol. The van der Waals surface area contributed by atoms with E-state index in [0.29, 0.717) is 37.4 Å². The lowest BCUT2D eigenvalue weighted by Crippen LogP contribution is -2.44. The Kier molecular flexibility index (Phi) is 5.93. The van der Waals surface area contributed by atoms with Crippen LogP contribution in [0.1, 0.15) is 18.4 Å². The number of aryl methyl sites for hydroxylation is 1. The molecule has 0 N–H and O–H groups in total. The third kappa shape index (κ3) is 4.96. The average molecular weight is 363 g/mol. The lowest BCUT2D eigenvalue weighted by Gasteiger charge is -2.28. The quantitative estimate of drug-likeness (QED) is 0.729. The van der Waals surface area contributed by atoms with Crippen molar-refractivity contribution in [1.82, 2.24) is 15.1 Å². The van der Waals surface area contributed by atoms with E-state index in [1.54, 1.807) is 4.90 Å². The predicted octanol–water partition coefficient (Wildman–Crippen LogP) is 2.30. The van der Waals surface area contributed by atoms with Gasteiger partial charge >= 0.3 is 0 Å². The van der Waals surface area contributed by atoms with Crippen molar-refractivity contribution in [3.63, 3.8) is 0 Å². The molecule has 0 radical (unpaired) electrons. The van der Waals surface area contributed by atoms with E-state index in [-0.39, 0.29) is 17.8 Å². The number of thioether (sulfide) groups is 1. The molecule has 134 valence electrons. The third-order valence-corrected chi connectivity index (χ3v) is 4.67. The maximum atomic E-state index is 12.4. The van der Waals surface area contributed by atoms with Crippen LogP contribution in [0.25, 0.3) is 0 Å². The molecular formula is C17H21N3O4S. The molecule has 0 spiro atoms. The maximum absolute atomic E-state index is 12.4. The summed E-state index contributed by atoms with van der Waals surface area (Å²) in [6, 6.07) is 7.75. The molecule has 1 aromatic heterocycles. The molecule has 2 heterocycles. The normalized spacial score (nSPS) is 15.8. The second-order valence-corrected chi connectivity index (χ2v) is 7.06. The highest BCUT2D eigenvalue weighted by molar-refractivity contribution is 8.00. The van der Waals surface area contributed by atoms with E-state index in [1.807, 2.05) is 38.1 Å². The van der Waals surface area contributed by atoms with E-state index in [2.05, 4.69) is 10.2 Å². The van der Waals surface area contributed by atoms with Gasteiger partial charge in [0, 0.05) is 13.1 Å². The van der Waals surface area contributed by atoms with Gasteiger partial charge in [-0.05, 0) is 31.5 Å². The van der Waals surface area contributed by atoms with Crippen molar-refractivity contribution in [3.05, 3.63) is 35.7 Å². The summed E-state index contributed by atoms with van der Waals surface area (Å²) in [5.41, 5.74) is 1.12. The van der Waals surface area contributed by atoms with Crippen LogP contribution in [0.2, 0.25) is 0 Å². The van der Waals surface area contributed by atoms with Crippen molar-refractivity contribution in [1.29, 1.82) is 0 Å². The summed E-state index contributed by atoms with van der Waals surface area (Å²) in [7, 11) is 0. The number of rotatable bonds is 6. The van der Waals surface area contributed by atoms with Crippen molar-refractivity contribution in [3.8, 4) is 5.75 Å². The Hall–Kier alpha value is -2.06. The van der Waals surface area contributed by atoms with Gasteiger partial charge in [-0.1, -0.05) is 23.9 Å². The van der Waals surface area contributed by atoms with Crippen LogP contribution in [0, 0.1) is 6.92 Å². The van der Waals surface area contributed by atoms with Crippen molar-refractivity contribution in [2.75, 3.05) is 26.3 Å². The lowest BCUT2D eigenvalue weighted by molar-refractivity contribution is -0.134. The first kappa shape index (κ1) is 17.8. The van der Waals surface area contributed by atoms with Crippen LogP contribution in [0.15, 0.2) is 33.9 Å². The van der Waals surface area contributed by atoms with Crippen LogP contribution >= 0.6 is 11.8 Å². The van der Waals surface area contributed by atoms with E-state index >= 15 is 0 Å². The highest BCUT2D eigenvalue weighted by atomic mass is 32.2.